The monoisotopic (exact) mass is 206 g/mol. The molecule has 0 spiro atoms. The van der Waals surface area contributed by atoms with E-state index >= 15 is 0 Å². The predicted molar refractivity (Wildman–Crippen MR) is 57.2 cm³/mol. The summed E-state index contributed by atoms with van der Waals surface area (Å²) in [5, 5.41) is 0. The minimum atomic E-state index is -0.183. The Hall–Kier alpha value is -0.790. The first kappa shape index (κ1) is 9.44. The molecule has 4 aliphatic rings. The van der Waals surface area contributed by atoms with Crippen LogP contribution < -0.4 is 0 Å². The average molecular weight is 206 g/mol. The first-order valence-electron chi connectivity index (χ1n) is 5.97. The molecule has 82 valence electrons. The molecule has 0 heterocycles. The van der Waals surface area contributed by atoms with Crippen LogP contribution in [0.2, 0.25) is 0 Å². The minimum absolute atomic E-state index is 0.0907. The van der Waals surface area contributed by atoms with Crippen molar-refractivity contribution in [3.8, 4) is 0 Å². The maximum absolute atomic E-state index is 11.6. The summed E-state index contributed by atoms with van der Waals surface area (Å²) in [7, 11) is 0. The summed E-state index contributed by atoms with van der Waals surface area (Å²) < 4.78 is 5.69. The highest BCUT2D eigenvalue weighted by Gasteiger charge is 2.57. The number of hydrogen-bond donors (Lipinski definition) is 0. The van der Waals surface area contributed by atoms with Gasteiger partial charge in [0.25, 0.3) is 0 Å². The lowest BCUT2D eigenvalue weighted by molar-refractivity contribution is -0.159. The third-order valence-electron chi connectivity index (χ3n) is 4.53. The molecule has 15 heavy (non-hydrogen) atoms. The Kier molecular flexibility index (Phi) is 1.80. The van der Waals surface area contributed by atoms with Crippen LogP contribution in [0.1, 0.15) is 39.0 Å². The molecule has 0 aromatic rings. The highest BCUT2D eigenvalue weighted by atomic mass is 16.6. The molecular weight excluding hydrogens is 188 g/mol. The summed E-state index contributed by atoms with van der Waals surface area (Å²) in [5.74, 6) is 2.35. The van der Waals surface area contributed by atoms with Crippen LogP contribution in [0.5, 0.6) is 0 Å². The van der Waals surface area contributed by atoms with Crippen LogP contribution >= 0.6 is 0 Å². The standard InChI is InChI=1S/C13H18O2/c1-8(2)12(14)15-13-5-9-3-10(6-13)11(4-9)7-13/h9-11H,1,3-7H2,2H3. The van der Waals surface area contributed by atoms with Gasteiger partial charge in [0, 0.05) is 5.57 Å². The van der Waals surface area contributed by atoms with E-state index in [1.807, 2.05) is 0 Å². The topological polar surface area (TPSA) is 26.3 Å². The van der Waals surface area contributed by atoms with Gasteiger partial charge in [-0.25, -0.2) is 4.79 Å². The maximum Gasteiger partial charge on any atom is 0.333 e. The van der Waals surface area contributed by atoms with Gasteiger partial charge >= 0.3 is 5.97 Å². The molecule has 4 rings (SSSR count). The Labute approximate surface area is 90.7 Å². The average Bonchev–Trinajstić information content (AvgIpc) is 2.53. The zero-order valence-corrected chi connectivity index (χ0v) is 9.29. The maximum atomic E-state index is 11.6. The summed E-state index contributed by atoms with van der Waals surface area (Å²) in [6, 6.07) is 0. The van der Waals surface area contributed by atoms with Gasteiger partial charge in [-0.1, -0.05) is 6.58 Å². The van der Waals surface area contributed by atoms with Crippen molar-refractivity contribution in [2.45, 2.75) is 44.6 Å². The molecule has 2 heteroatoms. The Morgan fingerprint density at radius 1 is 1.27 bits per heavy atom. The van der Waals surface area contributed by atoms with Crippen molar-refractivity contribution in [3.63, 3.8) is 0 Å². The first-order valence-corrected chi connectivity index (χ1v) is 5.97. The van der Waals surface area contributed by atoms with Crippen molar-refractivity contribution >= 4 is 5.97 Å². The van der Waals surface area contributed by atoms with E-state index in [-0.39, 0.29) is 11.6 Å². The van der Waals surface area contributed by atoms with Crippen LogP contribution in [0.15, 0.2) is 12.2 Å². The van der Waals surface area contributed by atoms with Crippen molar-refractivity contribution in [2.75, 3.05) is 0 Å². The molecule has 0 aliphatic heterocycles. The van der Waals surface area contributed by atoms with E-state index in [2.05, 4.69) is 6.58 Å². The second-order valence-corrected chi connectivity index (χ2v) is 5.82. The van der Waals surface area contributed by atoms with Crippen molar-refractivity contribution in [1.29, 1.82) is 0 Å². The van der Waals surface area contributed by atoms with E-state index in [1.54, 1.807) is 6.92 Å². The Morgan fingerprint density at radius 2 is 1.87 bits per heavy atom. The van der Waals surface area contributed by atoms with E-state index in [1.165, 1.54) is 12.8 Å². The first-order chi connectivity index (χ1) is 7.08. The molecule has 2 nitrogen and oxygen atoms in total. The van der Waals surface area contributed by atoms with Gasteiger partial charge in [-0.3, -0.25) is 0 Å². The quantitative estimate of drug-likeness (QED) is 0.513. The van der Waals surface area contributed by atoms with Crippen molar-refractivity contribution < 1.29 is 9.53 Å². The van der Waals surface area contributed by atoms with Gasteiger partial charge in [0.15, 0.2) is 0 Å². The SMILES string of the molecule is C=C(C)C(=O)OC12CC3CC(C1)C(C3)C2. The zero-order chi connectivity index (χ0) is 10.6. The Balaban J connectivity index is 1.77. The van der Waals surface area contributed by atoms with E-state index in [9.17, 15) is 4.79 Å². The lowest BCUT2D eigenvalue weighted by Gasteiger charge is -2.37. The second-order valence-electron chi connectivity index (χ2n) is 5.82. The van der Waals surface area contributed by atoms with Gasteiger partial charge in [-0.15, -0.1) is 0 Å². The summed E-state index contributed by atoms with van der Waals surface area (Å²) >= 11 is 0. The second kappa shape index (κ2) is 2.87. The highest BCUT2D eigenvalue weighted by molar-refractivity contribution is 5.87. The summed E-state index contributed by atoms with van der Waals surface area (Å²) in [4.78, 5) is 11.6. The van der Waals surface area contributed by atoms with Gasteiger partial charge in [-0.2, -0.15) is 0 Å². The molecule has 0 N–H and O–H groups in total. The van der Waals surface area contributed by atoms with Crippen LogP contribution in [0, 0.1) is 17.8 Å². The van der Waals surface area contributed by atoms with Crippen LogP contribution in [-0.4, -0.2) is 11.6 Å². The smallest absolute Gasteiger partial charge is 0.333 e. The zero-order valence-electron chi connectivity index (χ0n) is 9.29. The van der Waals surface area contributed by atoms with Crippen LogP contribution in [0.4, 0.5) is 0 Å². The van der Waals surface area contributed by atoms with Gasteiger partial charge in [-0.05, 0) is 56.8 Å². The number of carbonyl (C=O) groups excluding carboxylic acids is 1. The van der Waals surface area contributed by atoms with Crippen LogP contribution in [-0.2, 0) is 9.53 Å². The van der Waals surface area contributed by atoms with Gasteiger partial charge in [0.05, 0.1) is 0 Å². The largest absolute Gasteiger partial charge is 0.456 e. The molecule has 0 aromatic carbocycles. The van der Waals surface area contributed by atoms with E-state index in [0.29, 0.717) is 5.57 Å². The van der Waals surface area contributed by atoms with E-state index in [4.69, 9.17) is 4.74 Å². The third-order valence-corrected chi connectivity index (χ3v) is 4.53. The minimum Gasteiger partial charge on any atom is -0.456 e. The number of carbonyl (C=O) groups is 1. The van der Waals surface area contributed by atoms with Gasteiger partial charge in [0.1, 0.15) is 5.60 Å². The van der Waals surface area contributed by atoms with Gasteiger partial charge < -0.3 is 4.74 Å². The molecule has 0 amide bonds. The lowest BCUT2D eigenvalue weighted by Crippen LogP contribution is -2.38. The number of rotatable bonds is 2. The molecule has 0 aromatic heterocycles. The van der Waals surface area contributed by atoms with E-state index < -0.39 is 0 Å². The predicted octanol–water partition coefficient (Wildman–Crippen LogP) is 2.68. The highest BCUT2D eigenvalue weighted by Crippen LogP contribution is 2.61. The van der Waals surface area contributed by atoms with Crippen LogP contribution in [0.25, 0.3) is 0 Å². The molecule has 4 bridgehead atoms. The van der Waals surface area contributed by atoms with Crippen molar-refractivity contribution in [1.82, 2.24) is 0 Å². The molecule has 4 saturated carbocycles. The number of esters is 1. The lowest BCUT2D eigenvalue weighted by atomic mass is 9.78. The molecule has 4 fully saturated rings. The normalized spacial score (nSPS) is 45.8. The number of ether oxygens (including phenoxy) is 1. The Morgan fingerprint density at radius 3 is 2.33 bits per heavy atom. The molecule has 2 unspecified atom stereocenters. The van der Waals surface area contributed by atoms with Crippen LogP contribution in [0.3, 0.4) is 0 Å². The van der Waals surface area contributed by atoms with Gasteiger partial charge in [0.2, 0.25) is 0 Å². The summed E-state index contributed by atoms with van der Waals surface area (Å²) in [6.45, 7) is 5.39. The van der Waals surface area contributed by atoms with Crippen molar-refractivity contribution in [2.24, 2.45) is 17.8 Å². The molecule has 0 saturated heterocycles. The summed E-state index contributed by atoms with van der Waals surface area (Å²) in [6.07, 6.45) is 6.12. The summed E-state index contributed by atoms with van der Waals surface area (Å²) in [5.41, 5.74) is 0.444. The van der Waals surface area contributed by atoms with E-state index in [0.717, 1.165) is 37.0 Å². The fraction of sp³-hybridized carbons (Fsp3) is 0.769. The number of hydrogen-bond acceptors (Lipinski definition) is 2. The molecule has 0 radical (unpaired) electrons. The molecule has 4 aliphatic carbocycles. The fourth-order valence-corrected chi connectivity index (χ4v) is 4.14. The molecular formula is C13H18O2. The Bertz CT molecular complexity index is 312. The van der Waals surface area contributed by atoms with Crippen molar-refractivity contribution in [3.05, 3.63) is 12.2 Å². The third kappa shape index (κ3) is 1.34. The molecule has 2 atom stereocenters. The fourth-order valence-electron chi connectivity index (χ4n) is 4.14.